The fourth-order valence-corrected chi connectivity index (χ4v) is 4.91. The summed E-state index contributed by atoms with van der Waals surface area (Å²) in [5, 5.41) is 24.3. The second kappa shape index (κ2) is 10.4. The van der Waals surface area contributed by atoms with Crippen LogP contribution in [0.5, 0.6) is 0 Å². The predicted octanol–water partition coefficient (Wildman–Crippen LogP) is 3.73. The SMILES string of the molecule is CCn1c(Sc2ccc([N+](=O)[O-])cc2/C=N\NS(=O)(=O)c2ccccc2)nnc1-c1ccncc1. The van der Waals surface area contributed by atoms with E-state index < -0.39 is 14.9 Å². The summed E-state index contributed by atoms with van der Waals surface area (Å²) in [4.78, 5) is 17.6. The number of rotatable bonds is 9. The lowest BCUT2D eigenvalue weighted by molar-refractivity contribution is -0.384. The van der Waals surface area contributed by atoms with Crippen LogP contribution >= 0.6 is 11.8 Å². The van der Waals surface area contributed by atoms with Crippen molar-refractivity contribution in [1.29, 1.82) is 0 Å². The molecule has 0 aliphatic rings. The van der Waals surface area contributed by atoms with Crippen molar-refractivity contribution >= 4 is 33.7 Å². The van der Waals surface area contributed by atoms with Crippen molar-refractivity contribution in [3.63, 3.8) is 0 Å². The first-order valence-electron chi connectivity index (χ1n) is 10.3. The third-order valence-electron chi connectivity index (χ3n) is 4.81. The fourth-order valence-electron chi connectivity index (χ4n) is 3.12. The monoisotopic (exact) mass is 509 g/mol. The molecule has 35 heavy (non-hydrogen) atoms. The number of hydrogen-bond donors (Lipinski definition) is 1. The Bertz CT molecular complexity index is 1470. The molecule has 0 bridgehead atoms. The van der Waals surface area contributed by atoms with E-state index in [0.29, 0.717) is 28.0 Å². The molecular formula is C22H19N7O4S2. The molecule has 4 aromatic rings. The summed E-state index contributed by atoms with van der Waals surface area (Å²) in [5.41, 5.74) is 1.04. The average molecular weight is 510 g/mol. The molecule has 2 aromatic heterocycles. The van der Waals surface area contributed by atoms with Gasteiger partial charge in [-0.25, -0.2) is 4.83 Å². The van der Waals surface area contributed by atoms with Gasteiger partial charge >= 0.3 is 0 Å². The number of aromatic nitrogens is 4. The molecule has 0 saturated heterocycles. The van der Waals surface area contributed by atoms with E-state index in [1.807, 2.05) is 23.6 Å². The molecule has 0 unspecified atom stereocenters. The van der Waals surface area contributed by atoms with Crippen molar-refractivity contribution in [2.75, 3.05) is 0 Å². The van der Waals surface area contributed by atoms with Gasteiger partial charge in [-0.05, 0) is 49.0 Å². The number of hydrazone groups is 1. The standard InChI is InChI=1S/C22H19N7O4S2/c1-2-28-21(16-10-12-23-13-11-16)25-26-22(28)34-20-9-8-18(29(30)31)14-17(20)15-24-27-35(32,33)19-6-4-3-5-7-19/h3-15,27H,2H2,1H3/b24-15-. The molecule has 0 aliphatic carbocycles. The van der Waals surface area contributed by atoms with Gasteiger partial charge < -0.3 is 4.57 Å². The summed E-state index contributed by atoms with van der Waals surface area (Å²) in [5.74, 6) is 0.658. The van der Waals surface area contributed by atoms with Crippen LogP contribution in [0.15, 0.2) is 93.1 Å². The van der Waals surface area contributed by atoms with Crippen molar-refractivity contribution < 1.29 is 13.3 Å². The van der Waals surface area contributed by atoms with Crippen LogP contribution in [0.3, 0.4) is 0 Å². The summed E-state index contributed by atoms with van der Waals surface area (Å²) < 4.78 is 26.8. The van der Waals surface area contributed by atoms with Crippen LogP contribution in [-0.2, 0) is 16.6 Å². The summed E-state index contributed by atoms with van der Waals surface area (Å²) >= 11 is 1.24. The molecule has 0 aliphatic heterocycles. The molecule has 0 spiro atoms. The van der Waals surface area contributed by atoms with Crippen molar-refractivity contribution in [2.45, 2.75) is 28.4 Å². The Morgan fingerprint density at radius 3 is 2.54 bits per heavy atom. The summed E-state index contributed by atoms with van der Waals surface area (Å²) in [6.07, 6.45) is 4.56. The molecule has 4 rings (SSSR count). The number of nitro benzene ring substituents is 1. The lowest BCUT2D eigenvalue weighted by Crippen LogP contribution is -2.18. The molecule has 11 nitrogen and oxygen atoms in total. The van der Waals surface area contributed by atoms with E-state index in [-0.39, 0.29) is 10.6 Å². The maximum Gasteiger partial charge on any atom is 0.276 e. The second-order valence-electron chi connectivity index (χ2n) is 7.03. The number of non-ortho nitro benzene ring substituents is 1. The molecule has 1 N–H and O–H groups in total. The Morgan fingerprint density at radius 1 is 1.11 bits per heavy atom. The van der Waals surface area contributed by atoms with Crippen LogP contribution in [0.4, 0.5) is 5.69 Å². The van der Waals surface area contributed by atoms with Crippen LogP contribution in [0.25, 0.3) is 11.4 Å². The smallest absolute Gasteiger partial charge is 0.276 e. The van der Waals surface area contributed by atoms with Gasteiger partial charge in [0, 0.05) is 47.1 Å². The van der Waals surface area contributed by atoms with Crippen LogP contribution in [-0.4, -0.2) is 39.3 Å². The molecule has 0 atom stereocenters. The third-order valence-corrected chi connectivity index (χ3v) is 7.12. The molecule has 0 saturated carbocycles. The highest BCUT2D eigenvalue weighted by Crippen LogP contribution is 2.33. The number of nitro groups is 1. The zero-order valence-corrected chi connectivity index (χ0v) is 20.0. The first-order chi connectivity index (χ1) is 16.9. The Balaban J connectivity index is 1.65. The lowest BCUT2D eigenvalue weighted by Gasteiger charge is -2.09. The molecule has 0 amide bonds. The van der Waals surface area contributed by atoms with Crippen LogP contribution in [0.1, 0.15) is 12.5 Å². The molecule has 178 valence electrons. The minimum absolute atomic E-state index is 0.0467. The number of nitrogens with zero attached hydrogens (tertiary/aromatic N) is 6. The Labute approximate surface area is 205 Å². The number of sulfonamides is 1. The van der Waals surface area contributed by atoms with Gasteiger partial charge in [-0.15, -0.1) is 10.2 Å². The first-order valence-corrected chi connectivity index (χ1v) is 12.6. The van der Waals surface area contributed by atoms with E-state index >= 15 is 0 Å². The molecular weight excluding hydrogens is 490 g/mol. The number of benzene rings is 2. The van der Waals surface area contributed by atoms with E-state index in [2.05, 4.69) is 25.1 Å². The van der Waals surface area contributed by atoms with Gasteiger partial charge in [-0.3, -0.25) is 15.1 Å². The highest BCUT2D eigenvalue weighted by molar-refractivity contribution is 7.99. The zero-order chi connectivity index (χ0) is 24.8. The van der Waals surface area contributed by atoms with Crippen LogP contribution in [0.2, 0.25) is 0 Å². The molecule has 0 fully saturated rings. The maximum atomic E-state index is 12.4. The van der Waals surface area contributed by atoms with E-state index in [1.54, 1.807) is 36.7 Å². The molecule has 0 radical (unpaired) electrons. The number of hydrogen-bond acceptors (Lipinski definition) is 9. The topological polar surface area (TPSA) is 145 Å². The van der Waals surface area contributed by atoms with Gasteiger partial charge in [0.05, 0.1) is 16.0 Å². The van der Waals surface area contributed by atoms with Gasteiger partial charge in [0.15, 0.2) is 11.0 Å². The fraction of sp³-hybridized carbons (Fsp3) is 0.0909. The molecule has 2 heterocycles. The lowest BCUT2D eigenvalue weighted by atomic mass is 10.2. The Hall–Kier alpha value is -4.10. The average Bonchev–Trinajstić information content (AvgIpc) is 3.28. The summed E-state index contributed by atoms with van der Waals surface area (Å²) in [6.45, 7) is 2.54. The van der Waals surface area contributed by atoms with E-state index in [4.69, 9.17) is 0 Å². The van der Waals surface area contributed by atoms with Crippen LogP contribution < -0.4 is 4.83 Å². The minimum atomic E-state index is -3.89. The first kappa shape index (κ1) is 24.0. The van der Waals surface area contributed by atoms with Crippen molar-refractivity contribution in [1.82, 2.24) is 24.6 Å². The Kier molecular flexibility index (Phi) is 7.17. The predicted molar refractivity (Wildman–Crippen MR) is 131 cm³/mol. The van der Waals surface area contributed by atoms with Crippen LogP contribution in [0, 0.1) is 10.1 Å². The van der Waals surface area contributed by atoms with Gasteiger partial charge in [-0.1, -0.05) is 18.2 Å². The molecule has 2 aromatic carbocycles. The normalized spacial score (nSPS) is 11.6. The van der Waals surface area contributed by atoms with Crippen molar-refractivity contribution in [3.8, 4) is 11.4 Å². The third kappa shape index (κ3) is 5.53. The van der Waals surface area contributed by atoms with E-state index in [1.165, 1.54) is 42.2 Å². The molecule has 13 heteroatoms. The van der Waals surface area contributed by atoms with Crippen molar-refractivity contribution in [3.05, 3.63) is 88.7 Å². The highest BCUT2D eigenvalue weighted by Gasteiger charge is 2.17. The van der Waals surface area contributed by atoms with E-state index in [0.717, 1.165) is 5.56 Å². The minimum Gasteiger partial charge on any atom is -0.302 e. The van der Waals surface area contributed by atoms with Crippen molar-refractivity contribution in [2.24, 2.45) is 5.10 Å². The Morgan fingerprint density at radius 2 is 1.86 bits per heavy atom. The van der Waals surface area contributed by atoms with Gasteiger partial charge in [0.1, 0.15) is 0 Å². The van der Waals surface area contributed by atoms with E-state index in [9.17, 15) is 18.5 Å². The summed E-state index contributed by atoms with van der Waals surface area (Å²) in [6, 6.07) is 15.7. The second-order valence-corrected chi connectivity index (χ2v) is 9.70. The zero-order valence-electron chi connectivity index (χ0n) is 18.3. The number of pyridine rings is 1. The van der Waals surface area contributed by atoms with Gasteiger partial charge in [0.25, 0.3) is 15.7 Å². The highest BCUT2D eigenvalue weighted by atomic mass is 32.2. The summed E-state index contributed by atoms with van der Waals surface area (Å²) in [7, 11) is -3.89. The van der Waals surface area contributed by atoms with Gasteiger partial charge in [0.2, 0.25) is 0 Å². The quantitative estimate of drug-likeness (QED) is 0.204. The number of nitrogens with one attached hydrogen (secondary N) is 1. The van der Waals surface area contributed by atoms with Gasteiger partial charge in [-0.2, -0.15) is 13.5 Å². The maximum absolute atomic E-state index is 12.4. The largest absolute Gasteiger partial charge is 0.302 e.